The first-order valence-electron chi connectivity index (χ1n) is 5.77. The SMILES string of the molecule is NC(=S)CCCCNC(=O)Nc1ccc(F)cc1F. The molecule has 19 heavy (non-hydrogen) atoms. The third-order valence-corrected chi connectivity index (χ3v) is 2.52. The van der Waals surface area contributed by atoms with Crippen LogP contribution in [0, 0.1) is 11.6 Å². The van der Waals surface area contributed by atoms with E-state index in [-0.39, 0.29) is 5.69 Å². The van der Waals surface area contributed by atoms with Crippen LogP contribution in [0.4, 0.5) is 19.3 Å². The van der Waals surface area contributed by atoms with Gasteiger partial charge in [0.25, 0.3) is 0 Å². The number of benzene rings is 1. The van der Waals surface area contributed by atoms with Crippen LogP contribution in [0.1, 0.15) is 19.3 Å². The molecule has 0 heterocycles. The fraction of sp³-hybridized carbons (Fsp3) is 0.333. The fourth-order valence-electron chi connectivity index (χ4n) is 1.38. The van der Waals surface area contributed by atoms with Gasteiger partial charge >= 0.3 is 6.03 Å². The van der Waals surface area contributed by atoms with Crippen molar-refractivity contribution < 1.29 is 13.6 Å². The Hall–Kier alpha value is -1.76. The van der Waals surface area contributed by atoms with Crippen LogP contribution in [0.25, 0.3) is 0 Å². The lowest BCUT2D eigenvalue weighted by molar-refractivity contribution is 0.252. The highest BCUT2D eigenvalue weighted by Gasteiger charge is 2.07. The molecule has 1 rings (SSSR count). The number of amides is 2. The molecule has 0 radical (unpaired) electrons. The maximum absolute atomic E-state index is 13.2. The first kappa shape index (κ1) is 15.3. The summed E-state index contributed by atoms with van der Waals surface area (Å²) in [7, 11) is 0. The van der Waals surface area contributed by atoms with Crippen LogP contribution in [-0.2, 0) is 0 Å². The van der Waals surface area contributed by atoms with Gasteiger partial charge in [-0.15, -0.1) is 0 Å². The molecular formula is C12H15F2N3OS. The van der Waals surface area contributed by atoms with Gasteiger partial charge in [0.15, 0.2) is 0 Å². The standard InChI is InChI=1S/C12H15F2N3OS/c13-8-4-5-10(9(14)7-8)17-12(18)16-6-2-1-3-11(15)19/h4-5,7H,1-3,6H2,(H2,15,19)(H2,16,17,18). The zero-order chi connectivity index (χ0) is 14.3. The number of nitrogens with one attached hydrogen (secondary N) is 2. The second kappa shape index (κ2) is 7.63. The lowest BCUT2D eigenvalue weighted by Crippen LogP contribution is -2.30. The molecule has 2 amide bonds. The number of unbranched alkanes of at least 4 members (excludes halogenated alkanes) is 1. The smallest absolute Gasteiger partial charge is 0.319 e. The molecule has 0 aromatic heterocycles. The highest BCUT2D eigenvalue weighted by molar-refractivity contribution is 7.80. The number of urea groups is 1. The Morgan fingerprint density at radius 2 is 2.05 bits per heavy atom. The molecule has 1 aromatic carbocycles. The van der Waals surface area contributed by atoms with Crippen molar-refractivity contribution in [3.05, 3.63) is 29.8 Å². The van der Waals surface area contributed by atoms with E-state index < -0.39 is 17.7 Å². The molecule has 1 aromatic rings. The van der Waals surface area contributed by atoms with E-state index in [0.29, 0.717) is 24.0 Å². The minimum atomic E-state index is -0.816. The summed E-state index contributed by atoms with van der Waals surface area (Å²) in [5.74, 6) is -1.51. The van der Waals surface area contributed by atoms with Crippen molar-refractivity contribution in [3.63, 3.8) is 0 Å². The summed E-state index contributed by atoms with van der Waals surface area (Å²) < 4.78 is 25.9. The molecule has 4 N–H and O–H groups in total. The summed E-state index contributed by atoms with van der Waals surface area (Å²) in [4.78, 5) is 11.9. The Morgan fingerprint density at radius 3 is 2.68 bits per heavy atom. The summed E-state index contributed by atoms with van der Waals surface area (Å²) in [6.45, 7) is 0.428. The summed E-state index contributed by atoms with van der Waals surface area (Å²) in [6, 6.07) is 2.40. The maximum Gasteiger partial charge on any atom is 0.319 e. The summed E-state index contributed by atoms with van der Waals surface area (Å²) in [6.07, 6.45) is 2.13. The van der Waals surface area contributed by atoms with E-state index in [4.69, 9.17) is 18.0 Å². The quantitative estimate of drug-likeness (QED) is 0.556. The predicted octanol–water partition coefficient (Wildman–Crippen LogP) is 2.54. The molecule has 0 aliphatic heterocycles. The molecule has 0 aliphatic carbocycles. The number of carbonyl (C=O) groups is 1. The Morgan fingerprint density at radius 1 is 1.32 bits per heavy atom. The lowest BCUT2D eigenvalue weighted by Gasteiger charge is -2.08. The number of halogens is 2. The van der Waals surface area contributed by atoms with Crippen molar-refractivity contribution in [1.29, 1.82) is 0 Å². The monoisotopic (exact) mass is 287 g/mol. The van der Waals surface area contributed by atoms with Gasteiger partial charge in [-0.2, -0.15) is 0 Å². The van der Waals surface area contributed by atoms with Crippen molar-refractivity contribution in [1.82, 2.24) is 5.32 Å². The van der Waals surface area contributed by atoms with E-state index in [1.807, 2.05) is 0 Å². The molecule has 0 fully saturated rings. The van der Waals surface area contributed by atoms with E-state index in [0.717, 1.165) is 25.0 Å². The van der Waals surface area contributed by atoms with Crippen LogP contribution in [0.5, 0.6) is 0 Å². The second-order valence-corrected chi connectivity index (χ2v) is 4.45. The number of hydrogen-bond donors (Lipinski definition) is 3. The van der Waals surface area contributed by atoms with Crippen molar-refractivity contribution in [2.75, 3.05) is 11.9 Å². The minimum Gasteiger partial charge on any atom is -0.393 e. The van der Waals surface area contributed by atoms with Crippen molar-refractivity contribution >= 4 is 28.9 Å². The normalized spacial score (nSPS) is 10.0. The second-order valence-electron chi connectivity index (χ2n) is 3.93. The average molecular weight is 287 g/mol. The third kappa shape index (κ3) is 6.10. The number of carbonyl (C=O) groups excluding carboxylic acids is 1. The van der Waals surface area contributed by atoms with E-state index in [1.54, 1.807) is 0 Å². The topological polar surface area (TPSA) is 67.1 Å². The number of hydrogen-bond acceptors (Lipinski definition) is 2. The molecule has 104 valence electrons. The van der Waals surface area contributed by atoms with Crippen LogP contribution in [0.2, 0.25) is 0 Å². The van der Waals surface area contributed by atoms with E-state index in [1.165, 1.54) is 0 Å². The zero-order valence-corrected chi connectivity index (χ0v) is 11.0. The molecule has 0 saturated carbocycles. The van der Waals surface area contributed by atoms with Crippen molar-refractivity contribution in [3.8, 4) is 0 Å². The molecule has 0 atom stereocenters. The van der Waals surface area contributed by atoms with Gasteiger partial charge in [-0.3, -0.25) is 0 Å². The van der Waals surface area contributed by atoms with Gasteiger partial charge in [0.05, 0.1) is 10.7 Å². The van der Waals surface area contributed by atoms with Crippen LogP contribution >= 0.6 is 12.2 Å². The summed E-state index contributed by atoms with van der Waals surface area (Å²) >= 11 is 4.71. The Labute approximate surface area is 115 Å². The third-order valence-electron chi connectivity index (χ3n) is 2.31. The van der Waals surface area contributed by atoms with Crippen LogP contribution in [0.3, 0.4) is 0 Å². The van der Waals surface area contributed by atoms with Gasteiger partial charge in [-0.25, -0.2) is 13.6 Å². The Bertz CT molecular complexity index is 468. The van der Waals surface area contributed by atoms with Gasteiger partial charge in [-0.05, 0) is 31.4 Å². The first-order chi connectivity index (χ1) is 8.99. The summed E-state index contributed by atoms with van der Waals surface area (Å²) in [5, 5.41) is 4.85. The molecule has 0 aliphatic rings. The largest absolute Gasteiger partial charge is 0.393 e. The van der Waals surface area contributed by atoms with Gasteiger partial charge in [0.2, 0.25) is 0 Å². The molecule has 0 bridgehead atoms. The fourth-order valence-corrected chi connectivity index (χ4v) is 1.53. The molecule has 7 heteroatoms. The zero-order valence-electron chi connectivity index (χ0n) is 10.2. The number of rotatable bonds is 6. The van der Waals surface area contributed by atoms with Crippen LogP contribution < -0.4 is 16.4 Å². The number of nitrogens with two attached hydrogens (primary N) is 1. The number of thiocarbonyl (C=S) groups is 1. The van der Waals surface area contributed by atoms with Gasteiger partial charge in [0.1, 0.15) is 11.6 Å². The highest BCUT2D eigenvalue weighted by atomic mass is 32.1. The molecule has 4 nitrogen and oxygen atoms in total. The van der Waals surface area contributed by atoms with Crippen LogP contribution in [0.15, 0.2) is 18.2 Å². The number of anilines is 1. The minimum absolute atomic E-state index is 0.0676. The molecule has 0 spiro atoms. The molecule has 0 unspecified atom stereocenters. The van der Waals surface area contributed by atoms with Gasteiger partial charge in [0, 0.05) is 12.6 Å². The van der Waals surface area contributed by atoms with Crippen LogP contribution in [-0.4, -0.2) is 17.6 Å². The molecular weight excluding hydrogens is 272 g/mol. The van der Waals surface area contributed by atoms with Gasteiger partial charge in [-0.1, -0.05) is 12.2 Å². The van der Waals surface area contributed by atoms with E-state index in [2.05, 4.69) is 10.6 Å². The lowest BCUT2D eigenvalue weighted by atomic mass is 10.2. The maximum atomic E-state index is 13.2. The predicted molar refractivity (Wildman–Crippen MR) is 74.0 cm³/mol. The van der Waals surface area contributed by atoms with Crippen molar-refractivity contribution in [2.45, 2.75) is 19.3 Å². The van der Waals surface area contributed by atoms with Gasteiger partial charge < -0.3 is 16.4 Å². The summed E-state index contributed by atoms with van der Waals surface area (Å²) in [5.41, 5.74) is 5.26. The first-order valence-corrected chi connectivity index (χ1v) is 6.18. The van der Waals surface area contributed by atoms with Crippen molar-refractivity contribution in [2.24, 2.45) is 5.73 Å². The average Bonchev–Trinajstić information content (AvgIpc) is 2.32. The Balaban J connectivity index is 2.29. The van der Waals surface area contributed by atoms with E-state index in [9.17, 15) is 13.6 Å². The van der Waals surface area contributed by atoms with E-state index >= 15 is 0 Å². The Kier molecular flexibility index (Phi) is 6.14. The molecule has 0 saturated heterocycles. The highest BCUT2D eigenvalue weighted by Crippen LogP contribution is 2.14.